The lowest BCUT2D eigenvalue weighted by atomic mass is 10.1. The van der Waals surface area contributed by atoms with E-state index in [0.717, 1.165) is 23.6 Å². The van der Waals surface area contributed by atoms with E-state index in [0.29, 0.717) is 19.0 Å². The molecule has 1 fully saturated rings. The van der Waals surface area contributed by atoms with Gasteiger partial charge < -0.3 is 15.2 Å². The van der Waals surface area contributed by atoms with Gasteiger partial charge in [-0.05, 0) is 26.7 Å². The monoisotopic (exact) mass is 329 g/mol. The second-order valence-corrected chi connectivity index (χ2v) is 5.97. The Morgan fingerprint density at radius 1 is 1.18 bits per heavy atom. The molecular weight excluding hydrogens is 302 g/mol. The number of carbonyl (C=O) groups is 1. The minimum Gasteiger partial charge on any atom is -0.361 e. The van der Waals surface area contributed by atoms with E-state index >= 15 is 0 Å². The van der Waals surface area contributed by atoms with Crippen LogP contribution in [0.5, 0.6) is 0 Å². The standard InChI is InChI=1S/C16H27N3O2.ClH/c1-12-15(13(2)21-19-12)11-16(20)18-10-9-17-14-7-5-3-4-6-8-14;/h14,17H,3-11H2,1-2H3,(H,18,20);1H. The number of nitrogens with one attached hydrogen (secondary N) is 2. The molecule has 6 heteroatoms. The van der Waals surface area contributed by atoms with Gasteiger partial charge in [0.2, 0.25) is 5.91 Å². The third-order valence-electron chi connectivity index (χ3n) is 4.25. The predicted molar refractivity (Wildman–Crippen MR) is 89.4 cm³/mol. The van der Waals surface area contributed by atoms with E-state index in [1.54, 1.807) is 0 Å². The van der Waals surface area contributed by atoms with Crippen LogP contribution in [-0.2, 0) is 11.2 Å². The van der Waals surface area contributed by atoms with Gasteiger partial charge in [-0.3, -0.25) is 4.79 Å². The van der Waals surface area contributed by atoms with Gasteiger partial charge in [0.05, 0.1) is 12.1 Å². The molecule has 126 valence electrons. The molecule has 0 saturated heterocycles. The van der Waals surface area contributed by atoms with Crippen LogP contribution in [0.15, 0.2) is 4.52 Å². The number of hydrogen-bond donors (Lipinski definition) is 2. The zero-order valence-electron chi connectivity index (χ0n) is 13.6. The lowest BCUT2D eigenvalue weighted by Crippen LogP contribution is -2.37. The Labute approximate surface area is 139 Å². The molecule has 0 spiro atoms. The van der Waals surface area contributed by atoms with Gasteiger partial charge >= 0.3 is 0 Å². The van der Waals surface area contributed by atoms with Gasteiger partial charge in [0.1, 0.15) is 5.76 Å². The predicted octanol–water partition coefficient (Wildman–Crippen LogP) is 2.68. The van der Waals surface area contributed by atoms with Crippen LogP contribution in [0.25, 0.3) is 0 Å². The first-order valence-corrected chi connectivity index (χ1v) is 8.08. The Balaban J connectivity index is 0.00000242. The summed E-state index contributed by atoms with van der Waals surface area (Å²) in [4.78, 5) is 11.9. The first kappa shape index (κ1) is 19.0. The zero-order chi connectivity index (χ0) is 15.1. The second kappa shape index (κ2) is 9.85. The summed E-state index contributed by atoms with van der Waals surface area (Å²) in [5, 5.41) is 10.4. The molecule has 0 atom stereocenters. The highest BCUT2D eigenvalue weighted by molar-refractivity contribution is 5.85. The Hall–Kier alpha value is -1.07. The van der Waals surface area contributed by atoms with Gasteiger partial charge in [0, 0.05) is 24.7 Å². The van der Waals surface area contributed by atoms with Crippen LogP contribution >= 0.6 is 12.4 Å². The van der Waals surface area contributed by atoms with Gasteiger partial charge in [-0.25, -0.2) is 0 Å². The van der Waals surface area contributed by atoms with Crippen molar-refractivity contribution < 1.29 is 9.32 Å². The summed E-state index contributed by atoms with van der Waals surface area (Å²) in [7, 11) is 0. The van der Waals surface area contributed by atoms with Crippen LogP contribution in [0.2, 0.25) is 0 Å². The molecule has 1 aliphatic carbocycles. The van der Waals surface area contributed by atoms with E-state index in [1.165, 1.54) is 38.5 Å². The number of halogens is 1. The Bertz CT molecular complexity index is 435. The van der Waals surface area contributed by atoms with Crippen molar-refractivity contribution in [3.8, 4) is 0 Å². The first-order chi connectivity index (χ1) is 10.2. The minimum absolute atomic E-state index is 0. The fourth-order valence-electron chi connectivity index (χ4n) is 2.94. The fourth-order valence-corrected chi connectivity index (χ4v) is 2.94. The largest absolute Gasteiger partial charge is 0.361 e. The molecule has 0 aliphatic heterocycles. The zero-order valence-corrected chi connectivity index (χ0v) is 14.4. The van der Waals surface area contributed by atoms with Crippen LogP contribution in [0.3, 0.4) is 0 Å². The summed E-state index contributed by atoms with van der Waals surface area (Å²) in [6.07, 6.45) is 8.29. The number of aryl methyl sites for hydroxylation is 2. The maximum Gasteiger partial charge on any atom is 0.224 e. The topological polar surface area (TPSA) is 67.2 Å². The van der Waals surface area contributed by atoms with E-state index in [4.69, 9.17) is 4.52 Å². The number of rotatable bonds is 6. The molecule has 2 N–H and O–H groups in total. The van der Waals surface area contributed by atoms with Gasteiger partial charge in [0.25, 0.3) is 0 Å². The van der Waals surface area contributed by atoms with Crippen LogP contribution in [-0.4, -0.2) is 30.2 Å². The van der Waals surface area contributed by atoms with Crippen LogP contribution < -0.4 is 10.6 Å². The van der Waals surface area contributed by atoms with E-state index in [2.05, 4.69) is 15.8 Å². The average molecular weight is 330 g/mol. The van der Waals surface area contributed by atoms with Crippen LogP contribution in [0.1, 0.15) is 55.5 Å². The molecule has 1 aromatic rings. The molecule has 1 saturated carbocycles. The average Bonchev–Trinajstić information content (AvgIpc) is 2.71. The molecule has 5 nitrogen and oxygen atoms in total. The summed E-state index contributed by atoms with van der Waals surface area (Å²) in [6, 6.07) is 0.631. The van der Waals surface area contributed by atoms with Crippen LogP contribution in [0.4, 0.5) is 0 Å². The summed E-state index contributed by atoms with van der Waals surface area (Å²) < 4.78 is 5.07. The molecule has 0 unspecified atom stereocenters. The number of aromatic nitrogens is 1. The summed E-state index contributed by atoms with van der Waals surface area (Å²) >= 11 is 0. The summed E-state index contributed by atoms with van der Waals surface area (Å²) in [5.41, 5.74) is 1.71. The first-order valence-electron chi connectivity index (χ1n) is 8.08. The summed E-state index contributed by atoms with van der Waals surface area (Å²) in [5.74, 6) is 0.770. The number of amides is 1. The quantitative estimate of drug-likeness (QED) is 0.622. The molecule has 1 heterocycles. The van der Waals surface area contributed by atoms with Gasteiger partial charge in [-0.2, -0.15) is 0 Å². The Morgan fingerprint density at radius 2 is 1.86 bits per heavy atom. The number of hydrogen-bond acceptors (Lipinski definition) is 4. The minimum atomic E-state index is 0. The molecule has 1 aliphatic rings. The number of carbonyl (C=O) groups excluding carboxylic acids is 1. The maximum absolute atomic E-state index is 11.9. The van der Waals surface area contributed by atoms with Crippen molar-refractivity contribution >= 4 is 18.3 Å². The SMILES string of the molecule is Cc1noc(C)c1CC(=O)NCCNC1CCCCCC1.Cl. The molecule has 1 amide bonds. The molecule has 0 bridgehead atoms. The van der Waals surface area contributed by atoms with E-state index < -0.39 is 0 Å². The van der Waals surface area contributed by atoms with Crippen molar-refractivity contribution in [2.24, 2.45) is 0 Å². The van der Waals surface area contributed by atoms with Crippen molar-refractivity contribution in [1.29, 1.82) is 0 Å². The molecule has 2 rings (SSSR count). The van der Waals surface area contributed by atoms with E-state index in [-0.39, 0.29) is 18.3 Å². The number of nitrogens with zero attached hydrogens (tertiary/aromatic N) is 1. The lowest BCUT2D eigenvalue weighted by Gasteiger charge is -2.16. The third kappa shape index (κ3) is 5.97. The Morgan fingerprint density at radius 3 is 2.45 bits per heavy atom. The lowest BCUT2D eigenvalue weighted by molar-refractivity contribution is -0.120. The van der Waals surface area contributed by atoms with Crippen molar-refractivity contribution in [2.45, 2.75) is 64.8 Å². The van der Waals surface area contributed by atoms with E-state index in [9.17, 15) is 4.79 Å². The highest BCUT2D eigenvalue weighted by Crippen LogP contribution is 2.16. The maximum atomic E-state index is 11.9. The fraction of sp³-hybridized carbons (Fsp3) is 0.750. The molecular formula is C16H28ClN3O2. The smallest absolute Gasteiger partial charge is 0.224 e. The second-order valence-electron chi connectivity index (χ2n) is 5.97. The van der Waals surface area contributed by atoms with Crippen molar-refractivity contribution in [2.75, 3.05) is 13.1 Å². The molecule has 22 heavy (non-hydrogen) atoms. The van der Waals surface area contributed by atoms with Crippen molar-refractivity contribution in [3.63, 3.8) is 0 Å². The van der Waals surface area contributed by atoms with Crippen molar-refractivity contribution in [1.82, 2.24) is 15.8 Å². The normalized spacial score (nSPS) is 15.9. The van der Waals surface area contributed by atoms with Gasteiger partial charge in [-0.15, -0.1) is 12.4 Å². The Kier molecular flexibility index (Phi) is 8.49. The molecule has 0 radical (unpaired) electrons. The highest BCUT2D eigenvalue weighted by Gasteiger charge is 2.14. The molecule has 1 aromatic heterocycles. The van der Waals surface area contributed by atoms with Crippen molar-refractivity contribution in [3.05, 3.63) is 17.0 Å². The highest BCUT2D eigenvalue weighted by atomic mass is 35.5. The third-order valence-corrected chi connectivity index (χ3v) is 4.25. The molecule has 0 aromatic carbocycles. The summed E-state index contributed by atoms with van der Waals surface area (Å²) in [6.45, 7) is 5.24. The van der Waals surface area contributed by atoms with E-state index in [1.807, 2.05) is 13.8 Å². The van der Waals surface area contributed by atoms with Crippen LogP contribution in [0, 0.1) is 13.8 Å². The van der Waals surface area contributed by atoms with Gasteiger partial charge in [0.15, 0.2) is 0 Å². The van der Waals surface area contributed by atoms with Gasteiger partial charge in [-0.1, -0.05) is 30.8 Å².